The summed E-state index contributed by atoms with van der Waals surface area (Å²) in [5.41, 5.74) is 10.00. The van der Waals surface area contributed by atoms with Gasteiger partial charge >= 0.3 is 6.36 Å². The van der Waals surface area contributed by atoms with Crippen LogP contribution in [0, 0.1) is 0 Å². The number of hydrogen-bond donors (Lipinski definition) is 1. The van der Waals surface area contributed by atoms with Crippen molar-refractivity contribution in [1.82, 2.24) is 9.55 Å². The van der Waals surface area contributed by atoms with Crippen molar-refractivity contribution >= 4 is 5.69 Å². The Kier molecular flexibility index (Phi) is 3.75. The number of anilines is 1. The van der Waals surface area contributed by atoms with E-state index < -0.39 is 6.36 Å². The van der Waals surface area contributed by atoms with E-state index in [2.05, 4.69) is 9.72 Å². The summed E-state index contributed by atoms with van der Waals surface area (Å²) in [5, 5.41) is 0. The number of nitrogens with zero attached hydrogens (tertiary/aromatic N) is 2. The quantitative estimate of drug-likeness (QED) is 0.718. The van der Waals surface area contributed by atoms with E-state index in [4.69, 9.17) is 10.5 Å². The number of ether oxygens (including phenoxy) is 2. The predicted octanol–water partition coefficient (Wildman–Crippen LogP) is 3.96. The zero-order chi connectivity index (χ0) is 18.3. The van der Waals surface area contributed by atoms with Crippen LogP contribution in [-0.4, -0.2) is 22.5 Å². The maximum Gasteiger partial charge on any atom is 0.573 e. The SMILES string of the molecule is Nc1cc(-c2ccc(OC(F)(F)F)cc2)c2c(c1-n1ccnc1)CCO2. The average Bonchev–Trinajstić information content (AvgIpc) is 3.25. The molecule has 134 valence electrons. The van der Waals surface area contributed by atoms with Gasteiger partial charge in [0.2, 0.25) is 0 Å². The molecular formula is C18H14F3N3O2. The lowest BCUT2D eigenvalue weighted by Gasteiger charge is -2.16. The fourth-order valence-electron chi connectivity index (χ4n) is 3.13. The Hall–Kier alpha value is -3.16. The third-order valence-electron chi connectivity index (χ3n) is 4.14. The number of halogens is 3. The molecule has 2 heterocycles. The maximum atomic E-state index is 12.3. The minimum absolute atomic E-state index is 0.276. The Morgan fingerprint density at radius 2 is 1.96 bits per heavy atom. The molecule has 0 amide bonds. The van der Waals surface area contributed by atoms with Crippen LogP contribution in [0.3, 0.4) is 0 Å². The number of alkyl halides is 3. The molecule has 0 saturated carbocycles. The first-order chi connectivity index (χ1) is 12.4. The van der Waals surface area contributed by atoms with Crippen molar-refractivity contribution in [3.8, 4) is 28.3 Å². The van der Waals surface area contributed by atoms with Gasteiger partial charge in [-0.3, -0.25) is 0 Å². The summed E-state index contributed by atoms with van der Waals surface area (Å²) in [6, 6.07) is 7.40. The molecule has 0 fully saturated rings. The molecule has 0 saturated heterocycles. The molecule has 0 spiro atoms. The van der Waals surface area contributed by atoms with Crippen molar-refractivity contribution in [1.29, 1.82) is 0 Å². The van der Waals surface area contributed by atoms with E-state index in [0.717, 1.165) is 16.8 Å². The molecule has 0 radical (unpaired) electrons. The largest absolute Gasteiger partial charge is 0.573 e. The van der Waals surface area contributed by atoms with Crippen molar-refractivity contribution in [3.63, 3.8) is 0 Å². The van der Waals surface area contributed by atoms with Crippen LogP contribution in [0.15, 0.2) is 49.1 Å². The highest BCUT2D eigenvalue weighted by atomic mass is 19.4. The van der Waals surface area contributed by atoms with Crippen molar-refractivity contribution in [3.05, 3.63) is 54.6 Å². The van der Waals surface area contributed by atoms with E-state index in [-0.39, 0.29) is 5.75 Å². The normalized spacial score (nSPS) is 13.3. The van der Waals surface area contributed by atoms with Crippen LogP contribution in [0.5, 0.6) is 11.5 Å². The molecule has 2 aromatic carbocycles. The Morgan fingerprint density at radius 1 is 1.19 bits per heavy atom. The molecule has 8 heteroatoms. The first-order valence-electron chi connectivity index (χ1n) is 7.85. The lowest BCUT2D eigenvalue weighted by atomic mass is 9.98. The molecule has 26 heavy (non-hydrogen) atoms. The van der Waals surface area contributed by atoms with Gasteiger partial charge in [0.1, 0.15) is 11.5 Å². The van der Waals surface area contributed by atoms with Gasteiger partial charge in [0, 0.05) is 29.9 Å². The number of nitrogens with two attached hydrogens (primary N) is 1. The third-order valence-corrected chi connectivity index (χ3v) is 4.14. The van der Waals surface area contributed by atoms with E-state index >= 15 is 0 Å². The second-order valence-corrected chi connectivity index (χ2v) is 5.81. The Bertz CT molecular complexity index is 936. The highest BCUT2D eigenvalue weighted by molar-refractivity contribution is 5.82. The predicted molar refractivity (Wildman–Crippen MR) is 89.3 cm³/mol. The van der Waals surface area contributed by atoms with E-state index in [1.165, 1.54) is 12.1 Å². The maximum absolute atomic E-state index is 12.3. The number of imidazole rings is 1. The van der Waals surface area contributed by atoms with Gasteiger partial charge in [0.25, 0.3) is 0 Å². The number of nitrogen functional groups attached to an aromatic ring is 1. The Morgan fingerprint density at radius 3 is 2.62 bits per heavy atom. The summed E-state index contributed by atoms with van der Waals surface area (Å²) in [4.78, 5) is 4.05. The van der Waals surface area contributed by atoms with Gasteiger partial charge in [-0.25, -0.2) is 4.98 Å². The number of aromatic nitrogens is 2. The Labute approximate surface area is 146 Å². The van der Waals surface area contributed by atoms with E-state index in [0.29, 0.717) is 30.0 Å². The first kappa shape index (κ1) is 16.3. The molecular weight excluding hydrogens is 347 g/mol. The average molecular weight is 361 g/mol. The lowest BCUT2D eigenvalue weighted by molar-refractivity contribution is -0.274. The molecule has 0 atom stereocenters. The zero-order valence-electron chi connectivity index (χ0n) is 13.5. The number of hydrogen-bond acceptors (Lipinski definition) is 4. The fraction of sp³-hybridized carbons (Fsp3) is 0.167. The standard InChI is InChI=1S/C18H14F3N3O2/c19-18(20,21)26-12-3-1-11(2-4-12)14-9-15(22)16(24-7-6-23-10-24)13-5-8-25-17(13)14/h1-4,6-7,9-10H,5,8,22H2. The van der Waals surface area contributed by atoms with Crippen LogP contribution in [0.4, 0.5) is 18.9 Å². The molecule has 0 unspecified atom stereocenters. The smallest absolute Gasteiger partial charge is 0.492 e. The lowest BCUT2D eigenvalue weighted by Crippen LogP contribution is -2.16. The van der Waals surface area contributed by atoms with Gasteiger partial charge in [-0.05, 0) is 23.8 Å². The van der Waals surface area contributed by atoms with Crippen LogP contribution >= 0.6 is 0 Å². The van der Waals surface area contributed by atoms with Crippen molar-refractivity contribution in [2.24, 2.45) is 0 Å². The fourth-order valence-corrected chi connectivity index (χ4v) is 3.13. The van der Waals surface area contributed by atoms with Crippen LogP contribution in [0.1, 0.15) is 5.56 Å². The van der Waals surface area contributed by atoms with Crippen LogP contribution in [0.25, 0.3) is 16.8 Å². The summed E-state index contributed by atoms with van der Waals surface area (Å²) >= 11 is 0. The van der Waals surface area contributed by atoms with Crippen molar-refractivity contribution < 1.29 is 22.6 Å². The van der Waals surface area contributed by atoms with E-state index in [1.807, 2.05) is 4.57 Å². The number of benzene rings is 2. The Balaban J connectivity index is 1.77. The van der Waals surface area contributed by atoms with Crippen molar-refractivity contribution in [2.75, 3.05) is 12.3 Å². The zero-order valence-corrected chi connectivity index (χ0v) is 13.5. The van der Waals surface area contributed by atoms with Crippen molar-refractivity contribution in [2.45, 2.75) is 12.8 Å². The summed E-state index contributed by atoms with van der Waals surface area (Å²) in [6.45, 7) is 0.517. The number of rotatable bonds is 3. The summed E-state index contributed by atoms with van der Waals surface area (Å²) < 4.78 is 48.5. The molecule has 0 aliphatic carbocycles. The second-order valence-electron chi connectivity index (χ2n) is 5.81. The van der Waals surface area contributed by atoms with Gasteiger partial charge in [-0.2, -0.15) is 0 Å². The minimum Gasteiger partial charge on any atom is -0.492 e. The van der Waals surface area contributed by atoms with Crippen LogP contribution in [-0.2, 0) is 6.42 Å². The molecule has 4 rings (SSSR count). The van der Waals surface area contributed by atoms with E-state index in [1.54, 1.807) is 36.9 Å². The summed E-state index contributed by atoms with van der Waals surface area (Å²) in [5.74, 6) is 0.411. The highest BCUT2D eigenvalue weighted by Crippen LogP contribution is 2.43. The summed E-state index contributed by atoms with van der Waals surface area (Å²) in [7, 11) is 0. The van der Waals surface area contributed by atoms with Gasteiger partial charge in [-0.1, -0.05) is 12.1 Å². The van der Waals surface area contributed by atoms with Gasteiger partial charge in [0.05, 0.1) is 24.3 Å². The van der Waals surface area contributed by atoms with Gasteiger partial charge in [-0.15, -0.1) is 13.2 Å². The first-order valence-corrected chi connectivity index (χ1v) is 7.85. The second kappa shape index (κ2) is 5.98. The molecule has 1 aliphatic rings. The monoisotopic (exact) mass is 361 g/mol. The minimum atomic E-state index is -4.72. The third kappa shape index (κ3) is 2.94. The van der Waals surface area contributed by atoms with Crippen LogP contribution < -0.4 is 15.2 Å². The molecule has 1 aliphatic heterocycles. The molecule has 0 bridgehead atoms. The molecule has 2 N–H and O–H groups in total. The molecule has 5 nitrogen and oxygen atoms in total. The summed E-state index contributed by atoms with van der Waals surface area (Å²) in [6.07, 6.45) is 1.09. The topological polar surface area (TPSA) is 62.3 Å². The highest BCUT2D eigenvalue weighted by Gasteiger charge is 2.31. The van der Waals surface area contributed by atoms with E-state index in [9.17, 15) is 13.2 Å². The van der Waals surface area contributed by atoms with Gasteiger partial charge < -0.3 is 19.8 Å². The van der Waals surface area contributed by atoms with Gasteiger partial charge in [0.15, 0.2) is 0 Å². The number of fused-ring (bicyclic) bond motifs is 1. The molecule has 1 aromatic heterocycles. The van der Waals surface area contributed by atoms with Crippen LogP contribution in [0.2, 0.25) is 0 Å². The molecule has 3 aromatic rings.